The molecule has 0 unspecified atom stereocenters. The number of nitro benzene ring substituents is 1. The molecule has 1 aliphatic heterocycles. The van der Waals surface area contributed by atoms with Gasteiger partial charge in [0.15, 0.2) is 5.82 Å². The van der Waals surface area contributed by atoms with Crippen molar-refractivity contribution in [3.05, 3.63) is 44.4 Å². The first-order valence-corrected chi connectivity index (χ1v) is 12.7. The summed E-state index contributed by atoms with van der Waals surface area (Å²) >= 11 is 1.40. The van der Waals surface area contributed by atoms with E-state index in [0.717, 1.165) is 17.8 Å². The number of methoxy groups -OCH3 is 1. The van der Waals surface area contributed by atoms with Gasteiger partial charge in [0.05, 0.1) is 47.3 Å². The molecule has 4 rings (SSSR count). The molecule has 0 radical (unpaired) electrons. The monoisotopic (exact) mass is 532 g/mol. The Morgan fingerprint density at radius 1 is 1.22 bits per heavy atom. The number of amides is 2. The van der Waals surface area contributed by atoms with Crippen LogP contribution in [-0.4, -0.2) is 90.1 Å². The lowest BCUT2D eigenvalue weighted by atomic mass is 9.97. The third-order valence-corrected chi connectivity index (χ3v) is 6.98. The van der Waals surface area contributed by atoms with Gasteiger partial charge in [0.25, 0.3) is 11.6 Å². The van der Waals surface area contributed by atoms with Crippen LogP contribution in [0.1, 0.15) is 34.3 Å². The molecule has 198 valence electrons. The number of rotatable bonds is 12. The second-order valence-corrected chi connectivity index (χ2v) is 9.29. The second-order valence-electron chi connectivity index (χ2n) is 8.40. The Balaban J connectivity index is 1.25. The molecule has 2 aromatic heterocycles. The van der Waals surface area contributed by atoms with Crippen molar-refractivity contribution in [1.29, 1.82) is 0 Å². The van der Waals surface area contributed by atoms with Gasteiger partial charge in [0, 0.05) is 43.6 Å². The number of H-pyrrole nitrogens is 1. The fourth-order valence-corrected chi connectivity index (χ4v) is 4.92. The van der Waals surface area contributed by atoms with Gasteiger partial charge in [-0.05, 0) is 18.9 Å². The summed E-state index contributed by atoms with van der Waals surface area (Å²) in [6.07, 6.45) is 1.49. The normalized spacial score (nSPS) is 14.2. The Hall–Kier alpha value is -3.46. The number of aromatic amines is 1. The highest BCUT2D eigenvalue weighted by Gasteiger charge is 2.26. The minimum absolute atomic E-state index is 0.0188. The quantitative estimate of drug-likeness (QED) is 0.203. The summed E-state index contributed by atoms with van der Waals surface area (Å²) < 4.78 is 15.6. The van der Waals surface area contributed by atoms with Gasteiger partial charge in [-0.15, -0.1) is 11.3 Å². The molecule has 13 nitrogen and oxygen atoms in total. The molecule has 0 spiro atoms. The van der Waals surface area contributed by atoms with E-state index in [4.69, 9.17) is 14.2 Å². The number of hydrogen-bond donors (Lipinski definition) is 2. The lowest BCUT2D eigenvalue weighted by molar-refractivity contribution is -0.384. The van der Waals surface area contributed by atoms with Crippen LogP contribution in [0.4, 0.5) is 11.5 Å². The number of nitrogens with one attached hydrogen (secondary N) is 2. The summed E-state index contributed by atoms with van der Waals surface area (Å²) in [5.41, 5.74) is 0.729. The summed E-state index contributed by atoms with van der Waals surface area (Å²) in [5, 5.41) is 23.5. The summed E-state index contributed by atoms with van der Waals surface area (Å²) in [7, 11) is 1.61. The van der Waals surface area contributed by atoms with Crippen molar-refractivity contribution < 1.29 is 28.7 Å². The number of anilines is 1. The molecule has 3 aromatic rings. The molecule has 37 heavy (non-hydrogen) atoms. The number of nitrogens with zero attached hydrogens (tertiary/aromatic N) is 4. The van der Waals surface area contributed by atoms with Gasteiger partial charge >= 0.3 is 0 Å². The number of hydrogen-bond acceptors (Lipinski definition) is 10. The first-order chi connectivity index (χ1) is 18.0. The predicted octanol–water partition coefficient (Wildman–Crippen LogP) is 2.57. The van der Waals surface area contributed by atoms with Crippen molar-refractivity contribution in [2.75, 3.05) is 58.6 Å². The maximum Gasteiger partial charge on any atom is 0.276 e. The van der Waals surface area contributed by atoms with E-state index in [2.05, 4.69) is 20.5 Å². The molecule has 2 amide bonds. The topological polar surface area (TPSA) is 162 Å². The van der Waals surface area contributed by atoms with Crippen molar-refractivity contribution in [2.24, 2.45) is 0 Å². The summed E-state index contributed by atoms with van der Waals surface area (Å²) in [4.78, 5) is 42.0. The van der Waals surface area contributed by atoms with Crippen molar-refractivity contribution in [3.8, 4) is 0 Å². The molecule has 14 heteroatoms. The van der Waals surface area contributed by atoms with Crippen LogP contribution in [0.5, 0.6) is 0 Å². The van der Waals surface area contributed by atoms with Crippen LogP contribution in [0.2, 0.25) is 0 Å². The van der Waals surface area contributed by atoms with Gasteiger partial charge in [-0.1, -0.05) is 0 Å². The number of non-ortho nitro benzene ring substituents is 1. The number of ether oxygens (including phenoxy) is 3. The number of nitro groups is 1. The number of carbonyl (C=O) groups is 2. The highest BCUT2D eigenvalue weighted by molar-refractivity contribution is 7.10. The van der Waals surface area contributed by atoms with Crippen LogP contribution in [0.3, 0.4) is 0 Å². The maximum absolute atomic E-state index is 12.8. The highest BCUT2D eigenvalue weighted by atomic mass is 32.1. The van der Waals surface area contributed by atoms with Gasteiger partial charge in [-0.2, -0.15) is 5.10 Å². The van der Waals surface area contributed by atoms with Crippen LogP contribution in [0, 0.1) is 10.1 Å². The fourth-order valence-electron chi connectivity index (χ4n) is 3.95. The predicted molar refractivity (Wildman–Crippen MR) is 135 cm³/mol. The molecule has 0 aliphatic carbocycles. The Bertz CT molecular complexity index is 1240. The second kappa shape index (κ2) is 12.7. The molecule has 0 atom stereocenters. The van der Waals surface area contributed by atoms with Gasteiger partial charge in [-0.3, -0.25) is 24.8 Å². The average molecular weight is 533 g/mol. The van der Waals surface area contributed by atoms with Gasteiger partial charge in [0.2, 0.25) is 5.91 Å². The van der Waals surface area contributed by atoms with Crippen molar-refractivity contribution in [2.45, 2.75) is 18.8 Å². The van der Waals surface area contributed by atoms with Gasteiger partial charge in [-0.25, -0.2) is 4.98 Å². The SMILES string of the molecule is COCCOCCOCC(=O)N1CCC(c2nc(C(=O)Nc3n[nH]c4ccc([N+](=O)[O-])cc34)cs2)CC1. The van der Waals surface area contributed by atoms with Crippen LogP contribution < -0.4 is 5.32 Å². The van der Waals surface area contributed by atoms with Crippen LogP contribution >= 0.6 is 11.3 Å². The highest BCUT2D eigenvalue weighted by Crippen LogP contribution is 2.31. The first kappa shape index (κ1) is 26.6. The Morgan fingerprint density at radius 2 is 1.97 bits per heavy atom. The largest absolute Gasteiger partial charge is 0.382 e. The van der Waals surface area contributed by atoms with E-state index in [9.17, 15) is 19.7 Å². The van der Waals surface area contributed by atoms with Crippen molar-refractivity contribution in [3.63, 3.8) is 0 Å². The third kappa shape index (κ3) is 6.85. The number of carbonyl (C=O) groups excluding carboxylic acids is 2. The fraction of sp³-hybridized carbons (Fsp3) is 0.478. The van der Waals surface area contributed by atoms with E-state index >= 15 is 0 Å². The number of fused-ring (bicyclic) bond motifs is 1. The Labute approximate surface area is 216 Å². The standard InChI is InChI=1S/C23H28N6O7S/c1-34-8-9-35-10-11-36-13-20(30)28-6-4-15(5-7-28)23-24-19(14-37-23)22(31)25-21-17-12-16(29(32)33)2-3-18(17)26-27-21/h2-3,12,14-15H,4-11,13H2,1H3,(H2,25,26,27,31). The Kier molecular flexibility index (Phi) is 9.11. The number of piperidine rings is 1. The molecule has 1 aromatic carbocycles. The minimum atomic E-state index is -0.503. The number of benzene rings is 1. The molecule has 1 aliphatic rings. The zero-order valence-corrected chi connectivity index (χ0v) is 21.1. The zero-order chi connectivity index (χ0) is 26.2. The Morgan fingerprint density at radius 3 is 2.73 bits per heavy atom. The summed E-state index contributed by atoms with van der Waals surface area (Å²) in [5.74, 6) is -0.146. The van der Waals surface area contributed by atoms with E-state index in [1.807, 2.05) is 0 Å². The molecule has 2 N–H and O–H groups in total. The van der Waals surface area contributed by atoms with E-state index in [1.54, 1.807) is 23.5 Å². The summed E-state index contributed by atoms with van der Waals surface area (Å²) in [6, 6.07) is 4.27. The lowest BCUT2D eigenvalue weighted by Crippen LogP contribution is -2.40. The van der Waals surface area contributed by atoms with Crippen LogP contribution in [0.25, 0.3) is 10.9 Å². The lowest BCUT2D eigenvalue weighted by Gasteiger charge is -2.31. The van der Waals surface area contributed by atoms with E-state index in [1.165, 1.54) is 23.5 Å². The molecule has 0 saturated carbocycles. The number of thiazole rings is 1. The molecular weight excluding hydrogens is 504 g/mol. The first-order valence-electron chi connectivity index (χ1n) is 11.8. The average Bonchev–Trinajstić information content (AvgIpc) is 3.56. The van der Waals surface area contributed by atoms with E-state index in [-0.39, 0.29) is 35.6 Å². The van der Waals surface area contributed by atoms with Gasteiger partial charge in [0.1, 0.15) is 12.3 Å². The smallest absolute Gasteiger partial charge is 0.276 e. The van der Waals surface area contributed by atoms with Gasteiger partial charge < -0.3 is 24.4 Å². The van der Waals surface area contributed by atoms with Crippen LogP contribution in [-0.2, 0) is 19.0 Å². The molecular formula is C23H28N6O7S. The van der Waals surface area contributed by atoms with E-state index in [0.29, 0.717) is 50.4 Å². The summed E-state index contributed by atoms with van der Waals surface area (Å²) in [6.45, 7) is 2.98. The van der Waals surface area contributed by atoms with Crippen molar-refractivity contribution >= 4 is 45.6 Å². The molecule has 3 heterocycles. The maximum atomic E-state index is 12.8. The molecule has 0 bridgehead atoms. The number of likely N-dealkylation sites (tertiary alicyclic amines) is 1. The van der Waals surface area contributed by atoms with Crippen molar-refractivity contribution in [1.82, 2.24) is 20.1 Å². The number of aromatic nitrogens is 3. The van der Waals surface area contributed by atoms with E-state index < -0.39 is 10.8 Å². The third-order valence-electron chi connectivity index (χ3n) is 5.97. The molecule has 1 fully saturated rings. The zero-order valence-electron chi connectivity index (χ0n) is 20.3. The van der Waals surface area contributed by atoms with Crippen LogP contribution in [0.15, 0.2) is 23.6 Å². The molecule has 1 saturated heterocycles. The minimum Gasteiger partial charge on any atom is -0.382 e.